The second kappa shape index (κ2) is 7.37. The van der Waals surface area contributed by atoms with E-state index in [2.05, 4.69) is 4.98 Å². The van der Waals surface area contributed by atoms with Gasteiger partial charge in [-0.3, -0.25) is 9.59 Å². The quantitative estimate of drug-likeness (QED) is 0.352. The molecule has 6 heteroatoms. The molecule has 0 aliphatic heterocycles. The Morgan fingerprint density at radius 3 is 2.57 bits per heavy atom. The van der Waals surface area contributed by atoms with Crippen molar-refractivity contribution in [2.75, 3.05) is 0 Å². The molecule has 4 aromatic rings. The van der Waals surface area contributed by atoms with Crippen molar-refractivity contribution in [1.29, 1.82) is 0 Å². The minimum atomic E-state index is -0.418. The molecule has 2 aromatic heterocycles. The fraction of sp³-hybridized carbons (Fsp3) is 0.0909. The summed E-state index contributed by atoms with van der Waals surface area (Å²) in [4.78, 5) is 28.0. The molecule has 0 atom stereocenters. The van der Waals surface area contributed by atoms with Crippen LogP contribution in [-0.2, 0) is 4.79 Å². The number of H-pyrrole nitrogens is 1. The Bertz CT molecular complexity index is 1160. The summed E-state index contributed by atoms with van der Waals surface area (Å²) in [6.45, 7) is 1.70. The molecule has 28 heavy (non-hydrogen) atoms. The topological polar surface area (TPSA) is 72.3 Å². The van der Waals surface area contributed by atoms with Gasteiger partial charge in [0.2, 0.25) is 5.78 Å². The molecule has 0 saturated heterocycles. The Hall–Kier alpha value is -3.31. The zero-order valence-electron chi connectivity index (χ0n) is 15.0. The zero-order chi connectivity index (χ0) is 19.7. The predicted octanol–water partition coefficient (Wildman–Crippen LogP) is 5.63. The number of fused-ring (bicyclic) bond motifs is 1. The third-order valence-electron chi connectivity index (χ3n) is 4.40. The van der Waals surface area contributed by atoms with Crippen molar-refractivity contribution in [2.45, 2.75) is 13.3 Å². The smallest absolute Gasteiger partial charge is 0.310 e. The van der Waals surface area contributed by atoms with Crippen LogP contribution in [0.3, 0.4) is 0 Å². The highest BCUT2D eigenvalue weighted by Crippen LogP contribution is 2.34. The van der Waals surface area contributed by atoms with Crippen molar-refractivity contribution in [3.05, 3.63) is 77.1 Å². The maximum atomic E-state index is 13.1. The second-order valence-electron chi connectivity index (χ2n) is 6.23. The van der Waals surface area contributed by atoms with E-state index in [0.29, 0.717) is 21.5 Å². The molecular formula is C22H16ClNO4. The number of rotatable bonds is 5. The minimum Gasteiger partial charge on any atom is -0.464 e. The Morgan fingerprint density at radius 1 is 1.11 bits per heavy atom. The highest BCUT2D eigenvalue weighted by Gasteiger charge is 2.22. The van der Waals surface area contributed by atoms with Crippen molar-refractivity contribution in [1.82, 2.24) is 4.98 Å². The Kier molecular flexibility index (Phi) is 4.75. The molecule has 0 aliphatic rings. The van der Waals surface area contributed by atoms with E-state index in [1.807, 2.05) is 18.2 Å². The summed E-state index contributed by atoms with van der Waals surface area (Å²) in [7, 11) is 0. The Balaban J connectivity index is 1.75. The second-order valence-corrected chi connectivity index (χ2v) is 6.67. The number of hydrogen-bond donors (Lipinski definition) is 1. The number of furan rings is 1. The van der Waals surface area contributed by atoms with Crippen LogP contribution in [0.2, 0.25) is 5.02 Å². The lowest BCUT2D eigenvalue weighted by Crippen LogP contribution is -2.10. The van der Waals surface area contributed by atoms with E-state index >= 15 is 0 Å². The maximum Gasteiger partial charge on any atom is 0.310 e. The molecule has 5 nitrogen and oxygen atoms in total. The molecule has 0 fully saturated rings. The fourth-order valence-corrected chi connectivity index (χ4v) is 3.14. The lowest BCUT2D eigenvalue weighted by molar-refractivity contribution is -0.133. The Labute approximate surface area is 165 Å². The van der Waals surface area contributed by atoms with Gasteiger partial charge in [-0.15, -0.1) is 0 Å². The fourth-order valence-electron chi connectivity index (χ4n) is 2.97. The number of carbonyl (C=O) groups excluding carboxylic acids is 2. The van der Waals surface area contributed by atoms with Crippen LogP contribution in [0.1, 0.15) is 29.4 Å². The van der Waals surface area contributed by atoms with E-state index in [4.69, 9.17) is 20.8 Å². The molecule has 140 valence electrons. The van der Waals surface area contributed by atoms with Crippen LogP contribution < -0.4 is 4.74 Å². The SMILES string of the molecule is CCC(=O)Oc1c(C(=O)c2ccc(-c3ccco3)cc2)[nH]c2cc(Cl)ccc12. The third-order valence-corrected chi connectivity index (χ3v) is 4.63. The van der Waals surface area contributed by atoms with Crippen molar-refractivity contribution >= 4 is 34.3 Å². The molecular weight excluding hydrogens is 378 g/mol. The average molecular weight is 394 g/mol. The standard InChI is InChI=1S/C22H16ClNO4/c1-2-19(25)28-22-16-10-9-15(23)12-17(16)24-20(22)21(26)14-7-5-13(6-8-14)18-4-3-11-27-18/h3-12,24H,2H2,1H3. The van der Waals surface area contributed by atoms with Crippen LogP contribution in [0.15, 0.2) is 65.3 Å². The van der Waals surface area contributed by atoms with E-state index in [1.165, 1.54) is 0 Å². The molecule has 0 saturated carbocycles. The van der Waals surface area contributed by atoms with Crippen molar-refractivity contribution in [3.8, 4) is 17.1 Å². The first-order valence-electron chi connectivity index (χ1n) is 8.77. The van der Waals surface area contributed by atoms with Gasteiger partial charge in [-0.1, -0.05) is 42.8 Å². The van der Waals surface area contributed by atoms with Gasteiger partial charge in [0.25, 0.3) is 0 Å². The van der Waals surface area contributed by atoms with Gasteiger partial charge in [0.15, 0.2) is 5.75 Å². The number of esters is 1. The summed E-state index contributed by atoms with van der Waals surface area (Å²) in [6.07, 6.45) is 1.80. The monoisotopic (exact) mass is 393 g/mol. The number of nitrogens with one attached hydrogen (secondary N) is 1. The number of hydrogen-bond acceptors (Lipinski definition) is 4. The molecule has 2 aromatic carbocycles. The van der Waals surface area contributed by atoms with Crippen molar-refractivity contribution in [2.24, 2.45) is 0 Å². The molecule has 0 unspecified atom stereocenters. The van der Waals surface area contributed by atoms with Gasteiger partial charge in [0.1, 0.15) is 11.5 Å². The molecule has 0 aliphatic carbocycles. The number of ether oxygens (including phenoxy) is 1. The molecule has 4 rings (SSSR count). The zero-order valence-corrected chi connectivity index (χ0v) is 15.7. The van der Waals surface area contributed by atoms with Gasteiger partial charge in [0, 0.05) is 28.0 Å². The highest BCUT2D eigenvalue weighted by molar-refractivity contribution is 6.31. The van der Waals surface area contributed by atoms with E-state index in [9.17, 15) is 9.59 Å². The summed E-state index contributed by atoms with van der Waals surface area (Å²) in [5.41, 5.74) is 2.16. The van der Waals surface area contributed by atoms with Crippen LogP contribution >= 0.6 is 11.6 Å². The molecule has 0 amide bonds. The maximum absolute atomic E-state index is 13.1. The number of aromatic amines is 1. The largest absolute Gasteiger partial charge is 0.464 e. The van der Waals surface area contributed by atoms with E-state index in [1.54, 1.807) is 49.6 Å². The highest BCUT2D eigenvalue weighted by atomic mass is 35.5. The van der Waals surface area contributed by atoms with Crippen molar-refractivity contribution in [3.63, 3.8) is 0 Å². The van der Waals surface area contributed by atoms with Gasteiger partial charge in [-0.2, -0.15) is 0 Å². The lowest BCUT2D eigenvalue weighted by atomic mass is 10.0. The van der Waals surface area contributed by atoms with Gasteiger partial charge in [-0.05, 0) is 30.3 Å². The Morgan fingerprint density at radius 2 is 1.89 bits per heavy atom. The molecule has 0 spiro atoms. The lowest BCUT2D eigenvalue weighted by Gasteiger charge is -2.06. The first kappa shape index (κ1) is 18.1. The normalized spacial score (nSPS) is 10.9. The van der Waals surface area contributed by atoms with Gasteiger partial charge >= 0.3 is 5.97 Å². The molecule has 2 heterocycles. The van der Waals surface area contributed by atoms with E-state index in [-0.39, 0.29) is 23.6 Å². The first-order chi connectivity index (χ1) is 13.6. The predicted molar refractivity (Wildman–Crippen MR) is 107 cm³/mol. The van der Waals surface area contributed by atoms with Gasteiger partial charge < -0.3 is 14.1 Å². The summed E-state index contributed by atoms with van der Waals surface area (Å²) in [5.74, 6) is 0.241. The number of ketones is 1. The van der Waals surface area contributed by atoms with Crippen LogP contribution in [-0.4, -0.2) is 16.7 Å². The molecule has 0 radical (unpaired) electrons. The van der Waals surface area contributed by atoms with Gasteiger partial charge in [0.05, 0.1) is 11.8 Å². The average Bonchev–Trinajstić information content (AvgIpc) is 3.36. The number of benzene rings is 2. The number of halogens is 1. The van der Waals surface area contributed by atoms with Crippen LogP contribution in [0.4, 0.5) is 0 Å². The first-order valence-corrected chi connectivity index (χ1v) is 9.15. The van der Waals surface area contributed by atoms with Crippen LogP contribution in [0, 0.1) is 0 Å². The molecule has 0 bridgehead atoms. The van der Waals surface area contributed by atoms with E-state index < -0.39 is 5.97 Å². The summed E-state index contributed by atoms with van der Waals surface area (Å²) in [5, 5.41) is 1.14. The summed E-state index contributed by atoms with van der Waals surface area (Å²) in [6, 6.07) is 15.8. The number of aromatic nitrogens is 1. The van der Waals surface area contributed by atoms with Crippen LogP contribution in [0.5, 0.6) is 5.75 Å². The summed E-state index contributed by atoms with van der Waals surface area (Å²) >= 11 is 6.05. The van der Waals surface area contributed by atoms with Crippen LogP contribution in [0.25, 0.3) is 22.2 Å². The molecule has 1 N–H and O–H groups in total. The third kappa shape index (κ3) is 3.32. The minimum absolute atomic E-state index is 0.200. The summed E-state index contributed by atoms with van der Waals surface area (Å²) < 4.78 is 10.8. The van der Waals surface area contributed by atoms with E-state index in [0.717, 1.165) is 11.3 Å². The van der Waals surface area contributed by atoms with Crippen molar-refractivity contribution < 1.29 is 18.7 Å². The number of carbonyl (C=O) groups is 2. The van der Waals surface area contributed by atoms with Gasteiger partial charge in [-0.25, -0.2) is 0 Å².